The molecule has 2 aromatic carbocycles. The zero-order valence-corrected chi connectivity index (χ0v) is 18.4. The Kier molecular flexibility index (Phi) is 6.72. The summed E-state index contributed by atoms with van der Waals surface area (Å²) in [6, 6.07) is 26.6. The van der Waals surface area contributed by atoms with Gasteiger partial charge in [-0.3, -0.25) is 0 Å². The van der Waals surface area contributed by atoms with Crippen LogP contribution in [0.1, 0.15) is 18.1 Å². The first kappa shape index (κ1) is 21.5. The van der Waals surface area contributed by atoms with Crippen LogP contribution in [0.2, 0.25) is 0 Å². The number of hydrogen-bond acceptors (Lipinski definition) is 6. The monoisotopic (exact) mass is 424 g/mol. The summed E-state index contributed by atoms with van der Waals surface area (Å²) >= 11 is 0. The summed E-state index contributed by atoms with van der Waals surface area (Å²) in [5.41, 5.74) is 10.2. The summed E-state index contributed by atoms with van der Waals surface area (Å²) < 4.78 is 0. The first-order valence-electron chi connectivity index (χ1n) is 10.8. The molecule has 162 valence electrons. The summed E-state index contributed by atoms with van der Waals surface area (Å²) in [6.45, 7) is 2.67. The number of hydrogen-bond donors (Lipinski definition) is 2. The molecule has 0 radical (unpaired) electrons. The number of nitrogens with zero attached hydrogens (tertiary/aromatic N) is 4. The second kappa shape index (κ2) is 10.0. The van der Waals surface area contributed by atoms with Crippen molar-refractivity contribution < 1.29 is 0 Å². The largest absolute Gasteiger partial charge is 0.351 e. The molecule has 0 spiro atoms. The van der Waals surface area contributed by atoms with Gasteiger partial charge in [-0.25, -0.2) is 9.97 Å². The highest BCUT2D eigenvalue weighted by atomic mass is 15.2. The number of nitrogens with two attached hydrogens (primary N) is 1. The Labute approximate surface area is 189 Å². The minimum atomic E-state index is 0.170. The van der Waals surface area contributed by atoms with Gasteiger partial charge in [0.2, 0.25) is 5.95 Å². The van der Waals surface area contributed by atoms with E-state index in [-0.39, 0.29) is 6.04 Å². The van der Waals surface area contributed by atoms with Crippen molar-refractivity contribution in [2.24, 2.45) is 5.73 Å². The summed E-state index contributed by atoms with van der Waals surface area (Å²) in [4.78, 5) is 15.9. The Balaban J connectivity index is 1.47. The molecule has 0 fully saturated rings. The van der Waals surface area contributed by atoms with Gasteiger partial charge in [-0.2, -0.15) is 4.98 Å². The zero-order chi connectivity index (χ0) is 22.3. The fraction of sp³-hybridized carbons (Fsp3) is 0.192. The van der Waals surface area contributed by atoms with Crippen LogP contribution in [-0.4, -0.2) is 28.0 Å². The van der Waals surface area contributed by atoms with Crippen molar-refractivity contribution in [1.29, 1.82) is 0 Å². The topological polar surface area (TPSA) is 80.0 Å². The van der Waals surface area contributed by atoms with Crippen LogP contribution in [0.4, 0.5) is 17.6 Å². The standard InChI is InChI=1S/C26H28N6/c1-19(16-20-8-6-9-21(17-20)18-27)29-26-28-15-14-25(31-26)32(2)24-13-7-12-23(30-24)22-10-4-3-5-11-22/h3-15,17,19H,16,18,27H2,1-2H3,(H,28,29,31). The third-order valence-corrected chi connectivity index (χ3v) is 5.28. The molecule has 6 nitrogen and oxygen atoms in total. The van der Waals surface area contributed by atoms with Gasteiger partial charge in [0.15, 0.2) is 0 Å². The second-order valence-electron chi connectivity index (χ2n) is 7.82. The lowest BCUT2D eigenvalue weighted by Gasteiger charge is -2.20. The van der Waals surface area contributed by atoms with Crippen LogP contribution in [0.5, 0.6) is 0 Å². The maximum absolute atomic E-state index is 5.76. The van der Waals surface area contributed by atoms with Crippen molar-refractivity contribution in [1.82, 2.24) is 15.0 Å². The highest BCUT2D eigenvalue weighted by molar-refractivity contribution is 5.64. The molecule has 0 amide bonds. The van der Waals surface area contributed by atoms with Crippen LogP contribution in [0.25, 0.3) is 11.3 Å². The summed E-state index contributed by atoms with van der Waals surface area (Å²) in [6.07, 6.45) is 2.63. The highest BCUT2D eigenvalue weighted by Crippen LogP contribution is 2.24. The molecule has 4 aromatic rings. The van der Waals surface area contributed by atoms with E-state index in [0.717, 1.165) is 34.9 Å². The van der Waals surface area contributed by atoms with Gasteiger partial charge in [0, 0.05) is 31.4 Å². The van der Waals surface area contributed by atoms with Crippen molar-refractivity contribution in [2.45, 2.75) is 25.9 Å². The molecule has 0 aliphatic rings. The molecule has 0 aliphatic carbocycles. The van der Waals surface area contributed by atoms with E-state index in [1.165, 1.54) is 5.56 Å². The maximum Gasteiger partial charge on any atom is 0.224 e. The smallest absolute Gasteiger partial charge is 0.224 e. The number of anilines is 3. The highest BCUT2D eigenvalue weighted by Gasteiger charge is 2.11. The third-order valence-electron chi connectivity index (χ3n) is 5.28. The van der Waals surface area contributed by atoms with Gasteiger partial charge in [0.25, 0.3) is 0 Å². The van der Waals surface area contributed by atoms with Gasteiger partial charge in [0.05, 0.1) is 5.69 Å². The molecular weight excluding hydrogens is 396 g/mol. The number of aromatic nitrogens is 3. The molecule has 2 heterocycles. The Bertz CT molecular complexity index is 1160. The Morgan fingerprint density at radius 2 is 1.62 bits per heavy atom. The predicted molar refractivity (Wildman–Crippen MR) is 131 cm³/mol. The Morgan fingerprint density at radius 3 is 2.44 bits per heavy atom. The number of rotatable bonds is 8. The fourth-order valence-electron chi connectivity index (χ4n) is 3.61. The normalized spacial score (nSPS) is 11.7. The molecule has 0 bridgehead atoms. The third kappa shape index (κ3) is 5.28. The molecule has 1 atom stereocenters. The molecule has 32 heavy (non-hydrogen) atoms. The minimum absolute atomic E-state index is 0.170. The van der Waals surface area contributed by atoms with E-state index in [9.17, 15) is 0 Å². The SMILES string of the molecule is CC(Cc1cccc(CN)c1)Nc1nccc(N(C)c2cccc(-c3ccccc3)n2)n1. The van der Waals surface area contributed by atoms with Gasteiger partial charge in [-0.05, 0) is 42.7 Å². The first-order chi connectivity index (χ1) is 15.6. The first-order valence-corrected chi connectivity index (χ1v) is 10.8. The molecular formula is C26H28N6. The summed E-state index contributed by atoms with van der Waals surface area (Å²) in [5.74, 6) is 2.19. The lowest BCUT2D eigenvalue weighted by molar-refractivity contribution is 0.775. The number of nitrogens with one attached hydrogen (secondary N) is 1. The average Bonchev–Trinajstić information content (AvgIpc) is 2.84. The van der Waals surface area contributed by atoms with Crippen LogP contribution in [0.3, 0.4) is 0 Å². The van der Waals surface area contributed by atoms with Crippen molar-refractivity contribution >= 4 is 17.6 Å². The van der Waals surface area contributed by atoms with Crippen LogP contribution < -0.4 is 16.0 Å². The molecule has 1 unspecified atom stereocenters. The van der Waals surface area contributed by atoms with Gasteiger partial charge < -0.3 is 16.0 Å². The van der Waals surface area contributed by atoms with Crippen LogP contribution in [-0.2, 0) is 13.0 Å². The summed E-state index contributed by atoms with van der Waals surface area (Å²) in [7, 11) is 1.96. The lowest BCUT2D eigenvalue weighted by Crippen LogP contribution is -2.21. The van der Waals surface area contributed by atoms with E-state index < -0.39 is 0 Å². The van der Waals surface area contributed by atoms with Crippen molar-refractivity contribution in [2.75, 3.05) is 17.3 Å². The van der Waals surface area contributed by atoms with Crippen molar-refractivity contribution in [3.8, 4) is 11.3 Å². The van der Waals surface area contributed by atoms with Gasteiger partial charge in [-0.15, -0.1) is 0 Å². The number of benzene rings is 2. The Hall–Kier alpha value is -3.77. The van der Waals surface area contributed by atoms with E-state index >= 15 is 0 Å². The molecule has 0 saturated heterocycles. The van der Waals surface area contributed by atoms with Crippen molar-refractivity contribution in [3.05, 3.63) is 96.2 Å². The minimum Gasteiger partial charge on any atom is -0.351 e. The van der Waals surface area contributed by atoms with Gasteiger partial charge in [-0.1, -0.05) is 60.7 Å². The molecule has 0 aliphatic heterocycles. The average molecular weight is 425 g/mol. The maximum atomic E-state index is 5.76. The lowest BCUT2D eigenvalue weighted by atomic mass is 10.0. The summed E-state index contributed by atoms with van der Waals surface area (Å²) in [5, 5.41) is 3.41. The molecule has 6 heteroatoms. The number of pyridine rings is 1. The van der Waals surface area contributed by atoms with Crippen LogP contribution in [0.15, 0.2) is 85.1 Å². The molecule has 4 rings (SSSR count). The quantitative estimate of drug-likeness (QED) is 0.423. The molecule has 3 N–H and O–H groups in total. The van der Waals surface area contributed by atoms with E-state index in [0.29, 0.717) is 12.5 Å². The van der Waals surface area contributed by atoms with E-state index in [4.69, 9.17) is 15.7 Å². The van der Waals surface area contributed by atoms with Crippen LogP contribution in [0, 0.1) is 0 Å². The van der Waals surface area contributed by atoms with Gasteiger partial charge >= 0.3 is 0 Å². The molecule has 2 aromatic heterocycles. The van der Waals surface area contributed by atoms with Crippen molar-refractivity contribution in [3.63, 3.8) is 0 Å². The van der Waals surface area contributed by atoms with E-state index in [2.05, 4.69) is 41.5 Å². The van der Waals surface area contributed by atoms with E-state index in [1.54, 1.807) is 6.20 Å². The Morgan fingerprint density at radius 1 is 0.875 bits per heavy atom. The zero-order valence-electron chi connectivity index (χ0n) is 18.4. The fourth-order valence-corrected chi connectivity index (χ4v) is 3.61. The second-order valence-corrected chi connectivity index (χ2v) is 7.82. The van der Waals surface area contributed by atoms with E-state index in [1.807, 2.05) is 66.5 Å². The van der Waals surface area contributed by atoms with Crippen LogP contribution >= 0.6 is 0 Å². The molecule has 0 saturated carbocycles. The predicted octanol–water partition coefficient (Wildman–Crippen LogP) is 4.81. The van der Waals surface area contributed by atoms with Gasteiger partial charge in [0.1, 0.15) is 11.6 Å².